The number of anilines is 1. The first-order valence-corrected chi connectivity index (χ1v) is 9.04. The molecule has 0 aromatic carbocycles. The van der Waals surface area contributed by atoms with Gasteiger partial charge in [0.05, 0.1) is 11.4 Å². The summed E-state index contributed by atoms with van der Waals surface area (Å²) < 4.78 is 2.14. The zero-order valence-electron chi connectivity index (χ0n) is 13.1. The van der Waals surface area contributed by atoms with Crippen LogP contribution in [0.1, 0.15) is 42.1 Å². The van der Waals surface area contributed by atoms with Crippen molar-refractivity contribution in [2.45, 2.75) is 45.2 Å². The highest BCUT2D eigenvalue weighted by molar-refractivity contribution is 7.19. The van der Waals surface area contributed by atoms with Gasteiger partial charge in [-0.15, -0.1) is 21.5 Å². The smallest absolute Gasteiger partial charge is 0.155 e. The lowest BCUT2D eigenvalue weighted by Crippen LogP contribution is -2.37. The Labute approximate surface area is 138 Å². The molecule has 0 spiro atoms. The van der Waals surface area contributed by atoms with Crippen molar-refractivity contribution in [3.63, 3.8) is 0 Å². The van der Waals surface area contributed by atoms with Gasteiger partial charge in [0.25, 0.3) is 0 Å². The van der Waals surface area contributed by atoms with Gasteiger partial charge in [0.1, 0.15) is 23.3 Å². The third kappa shape index (κ3) is 1.92. The van der Waals surface area contributed by atoms with Crippen LogP contribution in [-0.4, -0.2) is 31.3 Å². The Kier molecular flexibility index (Phi) is 2.91. The van der Waals surface area contributed by atoms with Gasteiger partial charge < -0.3 is 9.47 Å². The van der Waals surface area contributed by atoms with E-state index in [9.17, 15) is 0 Å². The lowest BCUT2D eigenvalue weighted by Gasteiger charge is -2.34. The highest BCUT2D eigenvalue weighted by Crippen LogP contribution is 2.41. The molecular weight excluding hydrogens is 308 g/mol. The van der Waals surface area contributed by atoms with Gasteiger partial charge in [-0.3, -0.25) is 0 Å². The van der Waals surface area contributed by atoms with Crippen LogP contribution >= 0.6 is 11.3 Å². The average molecular weight is 326 g/mol. The Hall–Kier alpha value is -2.02. The van der Waals surface area contributed by atoms with E-state index in [1.54, 1.807) is 6.33 Å². The van der Waals surface area contributed by atoms with E-state index in [0.717, 1.165) is 36.0 Å². The molecule has 0 N–H and O–H groups in total. The van der Waals surface area contributed by atoms with Crippen LogP contribution in [0.25, 0.3) is 10.2 Å². The number of hydrogen-bond donors (Lipinski definition) is 0. The quantitative estimate of drug-likeness (QED) is 0.688. The molecule has 0 bridgehead atoms. The van der Waals surface area contributed by atoms with E-state index in [0.29, 0.717) is 0 Å². The van der Waals surface area contributed by atoms with Crippen LogP contribution in [0.3, 0.4) is 0 Å². The van der Waals surface area contributed by atoms with Crippen molar-refractivity contribution in [2.75, 3.05) is 11.4 Å². The van der Waals surface area contributed by atoms with E-state index in [1.165, 1.54) is 35.1 Å². The summed E-state index contributed by atoms with van der Waals surface area (Å²) in [6, 6.07) is 0.184. The molecule has 7 heteroatoms. The summed E-state index contributed by atoms with van der Waals surface area (Å²) in [5, 5.41) is 9.64. The Morgan fingerprint density at radius 1 is 1.17 bits per heavy atom. The molecule has 5 rings (SSSR count). The van der Waals surface area contributed by atoms with Crippen molar-refractivity contribution in [3.05, 3.63) is 28.9 Å². The minimum atomic E-state index is 0.184. The molecule has 1 unspecified atom stereocenters. The van der Waals surface area contributed by atoms with E-state index >= 15 is 0 Å². The molecule has 1 aliphatic heterocycles. The van der Waals surface area contributed by atoms with Gasteiger partial charge >= 0.3 is 0 Å². The van der Waals surface area contributed by atoms with Crippen LogP contribution in [0.4, 0.5) is 5.82 Å². The second-order valence-electron chi connectivity index (χ2n) is 6.34. The van der Waals surface area contributed by atoms with Gasteiger partial charge in [-0.25, -0.2) is 9.97 Å². The largest absolute Gasteiger partial charge is 0.344 e. The Morgan fingerprint density at radius 3 is 3.04 bits per heavy atom. The van der Waals surface area contributed by atoms with Crippen molar-refractivity contribution in [3.8, 4) is 0 Å². The summed E-state index contributed by atoms with van der Waals surface area (Å²) in [4.78, 5) is 14.3. The Bertz CT molecular complexity index is 882. The fraction of sp³-hybridized carbons (Fsp3) is 0.500. The standard InChI is InChI=1S/C16H18N6S/c1-10-14-20-19-9-21(14)6-7-22(10)15-13-11-4-2-3-5-12(11)23-16(13)18-8-17-15/h8-10H,2-7H2,1H3. The van der Waals surface area contributed by atoms with Crippen molar-refractivity contribution in [2.24, 2.45) is 0 Å². The molecule has 0 amide bonds. The molecular formula is C16H18N6S. The van der Waals surface area contributed by atoms with Crippen LogP contribution < -0.4 is 4.90 Å². The van der Waals surface area contributed by atoms with Crippen LogP contribution in [0.2, 0.25) is 0 Å². The van der Waals surface area contributed by atoms with Crippen LogP contribution in [0, 0.1) is 0 Å². The molecule has 0 fully saturated rings. The highest BCUT2D eigenvalue weighted by atomic mass is 32.1. The molecule has 118 valence electrons. The number of hydrogen-bond acceptors (Lipinski definition) is 6. The van der Waals surface area contributed by atoms with E-state index < -0.39 is 0 Å². The lowest BCUT2D eigenvalue weighted by atomic mass is 9.96. The molecule has 1 aliphatic carbocycles. The van der Waals surface area contributed by atoms with Crippen molar-refractivity contribution >= 4 is 27.4 Å². The molecule has 0 saturated carbocycles. The number of aryl methyl sites for hydroxylation is 2. The summed E-state index contributed by atoms with van der Waals surface area (Å²) >= 11 is 1.86. The molecule has 23 heavy (non-hydrogen) atoms. The molecule has 4 heterocycles. The van der Waals surface area contributed by atoms with Crippen molar-refractivity contribution < 1.29 is 0 Å². The van der Waals surface area contributed by atoms with Crippen LogP contribution in [0.5, 0.6) is 0 Å². The maximum Gasteiger partial charge on any atom is 0.155 e. The molecule has 6 nitrogen and oxygen atoms in total. The normalized spacial score (nSPS) is 20.6. The van der Waals surface area contributed by atoms with Gasteiger partial charge in [-0.05, 0) is 38.2 Å². The lowest BCUT2D eigenvalue weighted by molar-refractivity contribution is 0.493. The molecule has 0 radical (unpaired) electrons. The number of fused-ring (bicyclic) bond motifs is 4. The second-order valence-corrected chi connectivity index (χ2v) is 7.42. The zero-order valence-corrected chi connectivity index (χ0v) is 13.9. The second kappa shape index (κ2) is 4.99. The fourth-order valence-corrected chi connectivity index (χ4v) is 5.11. The first kappa shape index (κ1) is 13.4. The monoisotopic (exact) mass is 326 g/mol. The summed E-state index contributed by atoms with van der Waals surface area (Å²) in [5.41, 5.74) is 1.49. The van der Waals surface area contributed by atoms with E-state index in [-0.39, 0.29) is 6.04 Å². The summed E-state index contributed by atoms with van der Waals surface area (Å²) in [5.74, 6) is 2.10. The molecule has 0 saturated heterocycles. The summed E-state index contributed by atoms with van der Waals surface area (Å²) in [7, 11) is 0. The van der Waals surface area contributed by atoms with Gasteiger partial charge in [-0.2, -0.15) is 0 Å². The first-order chi connectivity index (χ1) is 11.3. The number of thiophene rings is 1. The van der Waals surface area contributed by atoms with Gasteiger partial charge in [0, 0.05) is 18.0 Å². The Morgan fingerprint density at radius 2 is 2.09 bits per heavy atom. The molecule has 2 aliphatic rings. The zero-order chi connectivity index (χ0) is 15.4. The van der Waals surface area contributed by atoms with Gasteiger partial charge in [-0.1, -0.05) is 0 Å². The van der Waals surface area contributed by atoms with Crippen molar-refractivity contribution in [1.29, 1.82) is 0 Å². The summed E-state index contributed by atoms with van der Waals surface area (Å²) in [6.07, 6.45) is 8.47. The topological polar surface area (TPSA) is 59.7 Å². The predicted octanol–water partition coefficient (Wildman–Crippen LogP) is 2.74. The van der Waals surface area contributed by atoms with Crippen molar-refractivity contribution in [1.82, 2.24) is 24.7 Å². The predicted molar refractivity (Wildman–Crippen MR) is 89.8 cm³/mol. The number of aromatic nitrogens is 5. The minimum absolute atomic E-state index is 0.184. The van der Waals surface area contributed by atoms with Crippen LogP contribution in [-0.2, 0) is 19.4 Å². The third-order valence-electron chi connectivity index (χ3n) is 5.07. The third-order valence-corrected chi connectivity index (χ3v) is 6.27. The minimum Gasteiger partial charge on any atom is -0.344 e. The SMILES string of the molecule is CC1c2nncn2CCN1c1ncnc2sc3c(c12)CCCC3. The maximum atomic E-state index is 4.68. The van der Waals surface area contributed by atoms with E-state index in [4.69, 9.17) is 0 Å². The van der Waals surface area contributed by atoms with Gasteiger partial charge in [0.2, 0.25) is 0 Å². The van der Waals surface area contributed by atoms with Gasteiger partial charge in [0.15, 0.2) is 5.82 Å². The highest BCUT2D eigenvalue weighted by Gasteiger charge is 2.30. The van der Waals surface area contributed by atoms with Crippen LogP contribution in [0.15, 0.2) is 12.7 Å². The number of rotatable bonds is 1. The fourth-order valence-electron chi connectivity index (χ4n) is 3.89. The first-order valence-electron chi connectivity index (χ1n) is 8.22. The Balaban J connectivity index is 1.67. The molecule has 1 atom stereocenters. The molecule has 3 aromatic rings. The summed E-state index contributed by atoms with van der Waals surface area (Å²) in [6.45, 7) is 4.03. The maximum absolute atomic E-state index is 4.68. The molecule has 3 aromatic heterocycles. The number of nitrogens with zero attached hydrogens (tertiary/aromatic N) is 6. The van der Waals surface area contributed by atoms with E-state index in [1.807, 2.05) is 17.7 Å². The van der Waals surface area contributed by atoms with E-state index in [2.05, 4.69) is 36.6 Å². The average Bonchev–Trinajstić information content (AvgIpc) is 3.19.